The van der Waals surface area contributed by atoms with Crippen LogP contribution in [0.1, 0.15) is 31.2 Å². The van der Waals surface area contributed by atoms with Crippen LogP contribution in [-0.4, -0.2) is 44.1 Å². The van der Waals surface area contributed by atoms with E-state index in [0.717, 1.165) is 18.4 Å². The zero-order chi connectivity index (χ0) is 15.5. The molecule has 2 rings (SSSR count). The van der Waals surface area contributed by atoms with Crippen LogP contribution in [0.3, 0.4) is 0 Å². The van der Waals surface area contributed by atoms with E-state index in [1.807, 2.05) is 19.2 Å². The van der Waals surface area contributed by atoms with Gasteiger partial charge in [0.05, 0.1) is 17.0 Å². The molecule has 2 N–H and O–H groups in total. The van der Waals surface area contributed by atoms with Crippen molar-refractivity contribution in [1.29, 1.82) is 0 Å². The first-order valence-corrected chi connectivity index (χ1v) is 8.80. The van der Waals surface area contributed by atoms with Crippen molar-refractivity contribution in [2.24, 2.45) is 0 Å². The van der Waals surface area contributed by atoms with Crippen molar-refractivity contribution in [3.05, 3.63) is 29.8 Å². The monoisotopic (exact) mass is 312 g/mol. The van der Waals surface area contributed by atoms with E-state index in [1.165, 1.54) is 4.31 Å². The standard InChI is InChI=1S/C15H24N2O3S/c1-16-11-12-7-9-13(10-8-12)21(19,20)17(2)14-5-3-4-6-15(14)18/h7-10,14-16,18H,3-6,11H2,1-2H3. The number of sulfonamides is 1. The van der Waals surface area contributed by atoms with Crippen molar-refractivity contribution in [3.63, 3.8) is 0 Å². The largest absolute Gasteiger partial charge is 0.391 e. The van der Waals surface area contributed by atoms with Crippen molar-refractivity contribution in [2.75, 3.05) is 14.1 Å². The Hall–Kier alpha value is -0.950. The Labute approximate surface area is 127 Å². The molecular weight excluding hydrogens is 288 g/mol. The Bertz CT molecular complexity index is 557. The summed E-state index contributed by atoms with van der Waals surface area (Å²) in [4.78, 5) is 0.280. The molecule has 0 saturated heterocycles. The molecule has 0 amide bonds. The maximum absolute atomic E-state index is 12.6. The zero-order valence-corrected chi connectivity index (χ0v) is 13.4. The Balaban J connectivity index is 2.19. The van der Waals surface area contributed by atoms with Gasteiger partial charge < -0.3 is 10.4 Å². The van der Waals surface area contributed by atoms with E-state index in [0.29, 0.717) is 19.4 Å². The summed E-state index contributed by atoms with van der Waals surface area (Å²) in [6.07, 6.45) is 2.75. The summed E-state index contributed by atoms with van der Waals surface area (Å²) in [5.74, 6) is 0. The van der Waals surface area contributed by atoms with Gasteiger partial charge in [0.25, 0.3) is 0 Å². The second kappa shape index (κ2) is 6.87. The summed E-state index contributed by atoms with van der Waals surface area (Å²) in [7, 11) is -0.135. The molecule has 1 aromatic rings. The second-order valence-corrected chi connectivity index (χ2v) is 7.61. The fourth-order valence-electron chi connectivity index (χ4n) is 2.84. The number of hydrogen-bond donors (Lipinski definition) is 2. The summed E-state index contributed by atoms with van der Waals surface area (Å²) < 4.78 is 26.6. The van der Waals surface area contributed by atoms with Crippen LogP contribution >= 0.6 is 0 Å². The van der Waals surface area contributed by atoms with Gasteiger partial charge in [-0.15, -0.1) is 0 Å². The van der Waals surface area contributed by atoms with Gasteiger partial charge in [-0.2, -0.15) is 4.31 Å². The number of likely N-dealkylation sites (N-methyl/N-ethyl adjacent to an activating group) is 1. The Morgan fingerprint density at radius 1 is 1.24 bits per heavy atom. The van der Waals surface area contributed by atoms with E-state index in [1.54, 1.807) is 19.2 Å². The molecule has 118 valence electrons. The number of aliphatic hydroxyl groups excluding tert-OH is 1. The number of hydrogen-bond acceptors (Lipinski definition) is 4. The highest BCUT2D eigenvalue weighted by molar-refractivity contribution is 7.89. The van der Waals surface area contributed by atoms with Crippen LogP contribution in [-0.2, 0) is 16.6 Å². The highest BCUT2D eigenvalue weighted by Gasteiger charge is 2.34. The van der Waals surface area contributed by atoms with Crippen molar-refractivity contribution in [2.45, 2.75) is 49.3 Å². The molecule has 0 aliphatic heterocycles. The molecule has 1 saturated carbocycles. The van der Waals surface area contributed by atoms with E-state index in [-0.39, 0.29) is 10.9 Å². The first-order valence-electron chi connectivity index (χ1n) is 7.36. The Morgan fingerprint density at radius 3 is 2.43 bits per heavy atom. The maximum Gasteiger partial charge on any atom is 0.243 e. The van der Waals surface area contributed by atoms with E-state index in [9.17, 15) is 13.5 Å². The van der Waals surface area contributed by atoms with Gasteiger partial charge in [-0.3, -0.25) is 0 Å². The van der Waals surface area contributed by atoms with Crippen LogP contribution in [0, 0.1) is 0 Å². The normalized spacial score (nSPS) is 23.4. The van der Waals surface area contributed by atoms with E-state index >= 15 is 0 Å². The van der Waals surface area contributed by atoms with Crippen molar-refractivity contribution >= 4 is 10.0 Å². The molecule has 6 heteroatoms. The molecule has 0 heterocycles. The zero-order valence-electron chi connectivity index (χ0n) is 12.6. The molecule has 1 aliphatic carbocycles. The summed E-state index contributed by atoms with van der Waals surface area (Å²) in [5.41, 5.74) is 1.04. The van der Waals surface area contributed by atoms with Crippen molar-refractivity contribution in [1.82, 2.24) is 9.62 Å². The predicted molar refractivity (Wildman–Crippen MR) is 82.4 cm³/mol. The van der Waals surface area contributed by atoms with Crippen LogP contribution < -0.4 is 5.32 Å². The summed E-state index contributed by atoms with van der Waals surface area (Å²) in [6, 6.07) is 6.57. The maximum atomic E-state index is 12.6. The molecule has 0 aromatic heterocycles. The van der Waals surface area contributed by atoms with Gasteiger partial charge in [0.1, 0.15) is 0 Å². The topological polar surface area (TPSA) is 69.6 Å². The third kappa shape index (κ3) is 3.63. The van der Waals surface area contributed by atoms with Crippen LogP contribution in [0.2, 0.25) is 0 Å². The highest BCUT2D eigenvalue weighted by atomic mass is 32.2. The number of nitrogens with one attached hydrogen (secondary N) is 1. The van der Waals surface area contributed by atoms with Crippen molar-refractivity contribution < 1.29 is 13.5 Å². The molecule has 1 fully saturated rings. The second-order valence-electron chi connectivity index (χ2n) is 5.61. The Kier molecular flexibility index (Phi) is 5.37. The average molecular weight is 312 g/mol. The number of nitrogens with zero attached hydrogens (tertiary/aromatic N) is 1. The van der Waals surface area contributed by atoms with E-state index in [4.69, 9.17) is 0 Å². The quantitative estimate of drug-likeness (QED) is 0.860. The minimum Gasteiger partial charge on any atom is -0.391 e. The predicted octanol–water partition coefficient (Wildman–Crippen LogP) is 1.33. The number of benzene rings is 1. The van der Waals surface area contributed by atoms with Crippen molar-refractivity contribution in [3.8, 4) is 0 Å². The molecule has 0 radical (unpaired) electrons. The minimum absolute atomic E-state index is 0.280. The Morgan fingerprint density at radius 2 is 1.86 bits per heavy atom. The number of rotatable bonds is 5. The van der Waals surface area contributed by atoms with Gasteiger partial charge in [0.2, 0.25) is 10.0 Å². The lowest BCUT2D eigenvalue weighted by molar-refractivity contribution is 0.0638. The van der Waals surface area contributed by atoms with Crippen LogP contribution in [0.4, 0.5) is 0 Å². The fourth-order valence-corrected chi connectivity index (χ4v) is 4.26. The molecule has 1 aromatic carbocycles. The third-order valence-corrected chi connectivity index (χ3v) is 6.04. The lowest BCUT2D eigenvalue weighted by Gasteiger charge is -2.34. The van der Waals surface area contributed by atoms with Gasteiger partial charge in [-0.25, -0.2) is 8.42 Å². The molecule has 2 atom stereocenters. The molecular formula is C15H24N2O3S. The van der Waals surface area contributed by atoms with Crippen LogP contribution in [0.5, 0.6) is 0 Å². The third-order valence-electron chi connectivity index (χ3n) is 4.14. The summed E-state index contributed by atoms with van der Waals surface area (Å²) in [6.45, 7) is 0.706. The first-order chi connectivity index (χ1) is 9.96. The fraction of sp³-hybridized carbons (Fsp3) is 0.600. The average Bonchev–Trinajstić information content (AvgIpc) is 2.48. The van der Waals surface area contributed by atoms with Gasteiger partial charge in [-0.05, 0) is 37.6 Å². The van der Waals surface area contributed by atoms with Gasteiger partial charge in [-0.1, -0.05) is 25.0 Å². The molecule has 0 bridgehead atoms. The first kappa shape index (κ1) is 16.4. The lowest BCUT2D eigenvalue weighted by Crippen LogP contribution is -2.46. The van der Waals surface area contributed by atoms with E-state index in [2.05, 4.69) is 5.32 Å². The van der Waals surface area contributed by atoms with Gasteiger partial charge >= 0.3 is 0 Å². The smallest absolute Gasteiger partial charge is 0.243 e. The molecule has 2 unspecified atom stereocenters. The molecule has 0 spiro atoms. The number of aliphatic hydroxyl groups is 1. The van der Waals surface area contributed by atoms with Crippen LogP contribution in [0.25, 0.3) is 0 Å². The van der Waals surface area contributed by atoms with Gasteiger partial charge in [0, 0.05) is 13.6 Å². The minimum atomic E-state index is -3.55. The van der Waals surface area contributed by atoms with Crippen LogP contribution in [0.15, 0.2) is 29.2 Å². The molecule has 1 aliphatic rings. The highest BCUT2D eigenvalue weighted by Crippen LogP contribution is 2.27. The lowest BCUT2D eigenvalue weighted by atomic mass is 9.93. The van der Waals surface area contributed by atoms with Gasteiger partial charge in [0.15, 0.2) is 0 Å². The van der Waals surface area contributed by atoms with E-state index < -0.39 is 16.1 Å². The SMILES string of the molecule is CNCc1ccc(S(=O)(=O)N(C)C2CCCCC2O)cc1. The molecule has 21 heavy (non-hydrogen) atoms. The molecule has 5 nitrogen and oxygen atoms in total. The summed E-state index contributed by atoms with van der Waals surface area (Å²) >= 11 is 0. The summed E-state index contributed by atoms with van der Waals surface area (Å²) in [5, 5.41) is 13.1.